The number of nitrogens with two attached hydrogens (primary N) is 1. The van der Waals surface area contributed by atoms with Gasteiger partial charge >= 0.3 is 24.1 Å². The summed E-state index contributed by atoms with van der Waals surface area (Å²) in [5.74, 6) is -0.789. The average molecular weight is 1070 g/mol. The van der Waals surface area contributed by atoms with Gasteiger partial charge in [0.15, 0.2) is 0 Å². The highest BCUT2D eigenvalue weighted by Gasteiger charge is 2.38. The summed E-state index contributed by atoms with van der Waals surface area (Å²) in [6.45, 7) is 8.01. The lowest BCUT2D eigenvalue weighted by Crippen LogP contribution is -2.48. The van der Waals surface area contributed by atoms with Crippen molar-refractivity contribution in [1.29, 1.82) is 15.8 Å². The molecular formula is C59H85N13O6. The van der Waals surface area contributed by atoms with Gasteiger partial charge in [0.05, 0.1) is 47.1 Å². The normalized spacial score (nSPS) is 16.2. The third kappa shape index (κ3) is 20.9. The second-order valence-corrected chi connectivity index (χ2v) is 21.7. The maximum atomic E-state index is 12.2. The summed E-state index contributed by atoms with van der Waals surface area (Å²) in [7, 11) is 13.2. The van der Waals surface area contributed by atoms with Gasteiger partial charge in [-0.25, -0.2) is 19.2 Å². The van der Waals surface area contributed by atoms with E-state index in [1.807, 2.05) is 104 Å². The number of rotatable bonds is 19. The topological polar surface area (TPSA) is 248 Å². The highest BCUT2D eigenvalue weighted by molar-refractivity contribution is 5.92. The first-order chi connectivity index (χ1) is 37.3. The molecule has 3 aliphatic heterocycles. The number of hydrogen-bond donors (Lipinski definition) is 4. The van der Waals surface area contributed by atoms with Crippen LogP contribution in [-0.4, -0.2) is 187 Å². The number of nitrogens with one attached hydrogen (secondary N) is 3. The summed E-state index contributed by atoms with van der Waals surface area (Å²) in [5.41, 5.74) is 8.49. The molecule has 0 radical (unpaired) electrons. The summed E-state index contributed by atoms with van der Waals surface area (Å²) in [5, 5.41) is 37.9. The molecule has 3 aliphatic rings. The van der Waals surface area contributed by atoms with Crippen LogP contribution in [0.3, 0.4) is 0 Å². The number of nitrogens with zero attached hydrogens (tertiary/aromatic N) is 9. The molecule has 0 aliphatic carbocycles. The third-order valence-electron chi connectivity index (χ3n) is 15.0. The predicted molar refractivity (Wildman–Crippen MR) is 302 cm³/mol. The number of likely N-dealkylation sites (tertiary alicyclic amines) is 3. The maximum absolute atomic E-state index is 12.2. The number of methoxy groups -OCH3 is 1. The maximum Gasteiger partial charge on any atom is 0.337 e. The molecule has 78 heavy (non-hydrogen) atoms. The number of ether oxygens (including phenoxy) is 1. The molecule has 0 bridgehead atoms. The Morgan fingerprint density at radius 1 is 0.513 bits per heavy atom. The molecule has 3 aromatic carbocycles. The SMILES string of the molecule is CN(C)CCNC(=O)N1CCC(C#N)(CCc2ccc(C(N)=O)cc2)CC1.CN(C)CCNC(=O)N1CCC(C#N)(Cc2ccccc2)CC1.COC(=O)c1ccc(CCC2(C#N)CCN(C(=O)NCCN(C)C)CC2)cc1. The van der Waals surface area contributed by atoms with E-state index < -0.39 is 16.7 Å². The van der Waals surface area contributed by atoms with Crippen molar-refractivity contribution in [2.75, 3.05) is 128 Å². The summed E-state index contributed by atoms with van der Waals surface area (Å²) in [6, 6.07) is 32.1. The van der Waals surface area contributed by atoms with Crippen LogP contribution in [0, 0.1) is 50.2 Å². The zero-order valence-electron chi connectivity index (χ0n) is 47.3. The van der Waals surface area contributed by atoms with Crippen molar-refractivity contribution in [3.8, 4) is 18.2 Å². The second-order valence-electron chi connectivity index (χ2n) is 21.7. The van der Waals surface area contributed by atoms with E-state index in [-0.39, 0.29) is 29.5 Å². The predicted octanol–water partition coefficient (Wildman–Crippen LogP) is 5.98. The van der Waals surface area contributed by atoms with Gasteiger partial charge in [-0.2, -0.15) is 15.8 Å². The molecule has 19 nitrogen and oxygen atoms in total. The van der Waals surface area contributed by atoms with E-state index in [1.54, 1.807) is 34.1 Å². The number of amides is 7. The van der Waals surface area contributed by atoms with Crippen molar-refractivity contribution >= 4 is 30.0 Å². The van der Waals surface area contributed by atoms with Crippen LogP contribution in [0.25, 0.3) is 0 Å². The number of primary amides is 1. The summed E-state index contributed by atoms with van der Waals surface area (Å²) < 4.78 is 4.71. The molecule has 5 N–H and O–H groups in total. The van der Waals surface area contributed by atoms with Crippen LogP contribution in [-0.2, 0) is 24.0 Å². The van der Waals surface area contributed by atoms with Gasteiger partial charge < -0.3 is 55.8 Å². The van der Waals surface area contributed by atoms with Gasteiger partial charge in [-0.1, -0.05) is 54.6 Å². The number of benzene rings is 3. The Hall–Kier alpha value is -7.24. The zero-order chi connectivity index (χ0) is 57.1. The molecule has 0 spiro atoms. The van der Waals surface area contributed by atoms with Crippen molar-refractivity contribution in [2.24, 2.45) is 22.0 Å². The van der Waals surface area contributed by atoms with E-state index in [2.05, 4.69) is 46.3 Å². The Labute approximate surface area is 463 Å². The van der Waals surface area contributed by atoms with Crippen molar-refractivity contribution < 1.29 is 28.7 Å². The van der Waals surface area contributed by atoms with Crippen LogP contribution in [0.2, 0.25) is 0 Å². The monoisotopic (exact) mass is 1070 g/mol. The highest BCUT2D eigenvalue weighted by Crippen LogP contribution is 2.37. The molecule has 3 aromatic rings. The summed E-state index contributed by atoms with van der Waals surface area (Å²) in [6.07, 6.45) is 8.00. The van der Waals surface area contributed by atoms with Crippen molar-refractivity contribution in [3.05, 3.63) is 107 Å². The van der Waals surface area contributed by atoms with Crippen molar-refractivity contribution in [2.45, 2.75) is 70.6 Å². The van der Waals surface area contributed by atoms with E-state index in [0.29, 0.717) is 95.7 Å². The minimum absolute atomic E-state index is 0.0156. The number of nitriles is 3. The first kappa shape index (κ1) is 63.3. The average Bonchev–Trinajstić information content (AvgIpc) is 3.45. The largest absolute Gasteiger partial charge is 0.465 e. The molecule has 0 saturated carbocycles. The Bertz CT molecular complexity index is 2480. The van der Waals surface area contributed by atoms with Crippen LogP contribution < -0.4 is 21.7 Å². The quantitative estimate of drug-likeness (QED) is 0.101. The zero-order valence-corrected chi connectivity index (χ0v) is 47.3. The van der Waals surface area contributed by atoms with Crippen LogP contribution in [0.15, 0.2) is 78.9 Å². The molecular weight excluding hydrogens is 987 g/mol. The van der Waals surface area contributed by atoms with E-state index in [0.717, 1.165) is 75.7 Å². The lowest BCUT2D eigenvalue weighted by Gasteiger charge is -2.37. The van der Waals surface area contributed by atoms with Gasteiger partial charge in [-0.3, -0.25) is 4.79 Å². The Morgan fingerprint density at radius 3 is 1.15 bits per heavy atom. The Morgan fingerprint density at radius 2 is 0.846 bits per heavy atom. The molecule has 0 unspecified atom stereocenters. The Balaban J connectivity index is 0.000000254. The minimum Gasteiger partial charge on any atom is -0.465 e. The molecule has 3 fully saturated rings. The lowest BCUT2D eigenvalue weighted by molar-refractivity contribution is 0.0600. The Kier molecular flexibility index (Phi) is 25.8. The molecule has 422 valence electrons. The fraction of sp³-hybridized carbons (Fsp3) is 0.559. The number of piperidine rings is 3. The van der Waals surface area contributed by atoms with Gasteiger partial charge in [0.1, 0.15) is 0 Å². The first-order valence-electron chi connectivity index (χ1n) is 27.1. The number of likely N-dealkylation sites (N-methyl/N-ethyl adjacent to an activating group) is 3. The third-order valence-corrected chi connectivity index (χ3v) is 15.0. The van der Waals surface area contributed by atoms with Crippen molar-refractivity contribution in [3.63, 3.8) is 0 Å². The first-order valence-corrected chi connectivity index (χ1v) is 27.1. The molecule has 3 heterocycles. The smallest absolute Gasteiger partial charge is 0.337 e. The van der Waals surface area contributed by atoms with Gasteiger partial charge in [0.2, 0.25) is 5.91 Å². The summed E-state index contributed by atoms with van der Waals surface area (Å²) in [4.78, 5) is 70.8. The molecule has 3 saturated heterocycles. The summed E-state index contributed by atoms with van der Waals surface area (Å²) >= 11 is 0. The fourth-order valence-corrected chi connectivity index (χ4v) is 9.59. The van der Waals surface area contributed by atoms with E-state index in [1.165, 1.54) is 12.7 Å². The standard InChI is InChI=1S/C21H30N4O3.C20H29N5O2.C18H26N4O/c1-24(2)15-12-23-20(27)25-13-10-21(16-22,11-14-25)9-8-17-4-6-18(7-5-17)19(26)28-3;1-24(2)14-11-23-19(27)25-12-9-20(15-21,10-13-25)8-7-16-3-5-17(6-4-16)18(22)26;1-21(2)13-10-20-17(23)22-11-8-18(15-19,9-12-22)14-16-6-4-3-5-7-16/h4-7H,8-15H2,1-3H3,(H,23,27);3-6H,7-14H2,1-2H3,(H2,22,26)(H,23,27);3-7H,8-14H2,1-2H3,(H,20,23). The van der Waals surface area contributed by atoms with E-state index in [9.17, 15) is 39.8 Å². The van der Waals surface area contributed by atoms with Crippen molar-refractivity contribution in [1.82, 2.24) is 45.3 Å². The minimum atomic E-state index is -0.439. The number of carbonyl (C=O) groups excluding carboxylic acids is 5. The highest BCUT2D eigenvalue weighted by atomic mass is 16.5. The fourth-order valence-electron chi connectivity index (χ4n) is 9.59. The van der Waals surface area contributed by atoms with Gasteiger partial charge in [0, 0.05) is 84.1 Å². The van der Waals surface area contributed by atoms with E-state index in [4.69, 9.17) is 10.5 Å². The van der Waals surface area contributed by atoms with Gasteiger partial charge in [0.25, 0.3) is 0 Å². The van der Waals surface area contributed by atoms with Crippen LogP contribution in [0.1, 0.15) is 88.8 Å². The van der Waals surface area contributed by atoms with E-state index >= 15 is 0 Å². The molecule has 0 atom stereocenters. The molecule has 7 amide bonds. The molecule has 0 aromatic heterocycles. The van der Waals surface area contributed by atoms with Gasteiger partial charge in [-0.15, -0.1) is 0 Å². The number of esters is 1. The van der Waals surface area contributed by atoms with Crippen LogP contribution in [0.4, 0.5) is 14.4 Å². The second kappa shape index (κ2) is 31.9. The van der Waals surface area contributed by atoms with Crippen LogP contribution >= 0.6 is 0 Å². The van der Waals surface area contributed by atoms with Crippen LogP contribution in [0.5, 0.6) is 0 Å². The molecule has 6 rings (SSSR count). The number of aryl methyl sites for hydroxylation is 2. The number of carbonyl (C=O) groups is 5. The molecule has 19 heteroatoms. The number of urea groups is 3. The number of hydrogen-bond acceptors (Lipinski definition) is 12. The lowest BCUT2D eigenvalue weighted by atomic mass is 9.75. The van der Waals surface area contributed by atoms with Gasteiger partial charge in [-0.05, 0) is 154 Å².